The Morgan fingerprint density at radius 3 is 2.68 bits per heavy atom. The molecule has 2 nitrogen and oxygen atoms in total. The predicted octanol–water partition coefficient (Wildman–Crippen LogP) is 3.75. The van der Waals surface area contributed by atoms with Crippen LogP contribution in [0.5, 0.6) is 0 Å². The molecule has 1 fully saturated rings. The quantitative estimate of drug-likeness (QED) is 0.575. The number of hydrogen-bond donors (Lipinski definition) is 0. The van der Waals surface area contributed by atoms with Gasteiger partial charge < -0.3 is 4.74 Å². The van der Waals surface area contributed by atoms with E-state index >= 15 is 0 Å². The molecule has 0 bridgehead atoms. The van der Waals surface area contributed by atoms with Gasteiger partial charge in [0.05, 0.1) is 11.6 Å². The molecule has 2 aliphatic carbocycles. The van der Waals surface area contributed by atoms with Crippen LogP contribution in [0.2, 0.25) is 0 Å². The summed E-state index contributed by atoms with van der Waals surface area (Å²) < 4.78 is 32.4. The number of rotatable bonds is 3. The Morgan fingerprint density at radius 1 is 1.32 bits per heavy atom. The van der Waals surface area contributed by atoms with E-state index in [2.05, 4.69) is 0 Å². The highest BCUT2D eigenvalue weighted by Crippen LogP contribution is 2.26. The Bertz CT molecular complexity index is 416. The van der Waals surface area contributed by atoms with Crippen molar-refractivity contribution < 1.29 is 18.3 Å². The lowest BCUT2D eigenvalue weighted by Crippen LogP contribution is -2.33. The lowest BCUT2D eigenvalue weighted by Gasteiger charge is -2.23. The van der Waals surface area contributed by atoms with E-state index in [1.807, 2.05) is 0 Å². The van der Waals surface area contributed by atoms with E-state index in [0.29, 0.717) is 24.5 Å². The van der Waals surface area contributed by atoms with Gasteiger partial charge in [-0.2, -0.15) is 8.78 Å². The fourth-order valence-electron chi connectivity index (χ4n) is 2.23. The molecule has 0 saturated heterocycles. The molecule has 4 heteroatoms. The number of ether oxygens (including phenoxy) is 1. The van der Waals surface area contributed by atoms with Crippen molar-refractivity contribution in [2.45, 2.75) is 44.1 Å². The van der Waals surface area contributed by atoms with Crippen molar-refractivity contribution in [1.82, 2.24) is 0 Å². The minimum atomic E-state index is -3.57. The molecule has 0 aliphatic heterocycles. The van der Waals surface area contributed by atoms with Crippen LogP contribution in [0.1, 0.15) is 32.1 Å². The molecule has 0 atom stereocenters. The van der Waals surface area contributed by atoms with Crippen LogP contribution in [0, 0.1) is 6.42 Å². The van der Waals surface area contributed by atoms with E-state index in [1.165, 1.54) is 12.5 Å². The fourth-order valence-corrected chi connectivity index (χ4v) is 2.23. The average molecular weight is 267 g/mol. The molecule has 19 heavy (non-hydrogen) atoms. The summed E-state index contributed by atoms with van der Waals surface area (Å²) in [5.41, 5.74) is 0.313. The van der Waals surface area contributed by atoms with E-state index in [0.717, 1.165) is 19.3 Å². The first-order valence-electron chi connectivity index (χ1n) is 6.58. The highest BCUT2D eigenvalue weighted by Gasteiger charge is 2.42. The number of allylic oxidation sites excluding steroid dienone is 5. The molecule has 0 aromatic rings. The number of halogens is 2. The molecule has 1 saturated carbocycles. The van der Waals surface area contributed by atoms with Gasteiger partial charge in [0.25, 0.3) is 0 Å². The van der Waals surface area contributed by atoms with Crippen LogP contribution < -0.4 is 0 Å². The fraction of sp³-hybridized carbons (Fsp3) is 0.467. The smallest absolute Gasteiger partial charge is 0.394 e. The topological polar surface area (TPSA) is 26.3 Å². The van der Waals surface area contributed by atoms with E-state index in [-0.39, 0.29) is 6.10 Å². The zero-order valence-corrected chi connectivity index (χ0v) is 10.6. The van der Waals surface area contributed by atoms with Gasteiger partial charge in [0.2, 0.25) is 0 Å². The number of hydrogen-bond acceptors (Lipinski definition) is 2. The van der Waals surface area contributed by atoms with Gasteiger partial charge >= 0.3 is 11.9 Å². The van der Waals surface area contributed by atoms with Crippen LogP contribution in [0.25, 0.3) is 0 Å². The number of esters is 1. The molecule has 102 valence electrons. The highest BCUT2D eigenvalue weighted by molar-refractivity contribution is 5.80. The monoisotopic (exact) mass is 267 g/mol. The van der Waals surface area contributed by atoms with E-state index in [4.69, 9.17) is 4.74 Å². The summed E-state index contributed by atoms with van der Waals surface area (Å²) in [5, 5.41) is 0. The SMILES string of the molecule is O=C(OC1CCCCC1)C(F)(F)/C=C1\C=CC=C[CH+]1. The zero-order valence-electron chi connectivity index (χ0n) is 10.6. The molecule has 0 aromatic carbocycles. The number of alkyl halides is 2. The lowest BCUT2D eigenvalue weighted by molar-refractivity contribution is -0.172. The second-order valence-electron chi connectivity index (χ2n) is 4.84. The third-order valence-corrected chi connectivity index (χ3v) is 3.25. The third kappa shape index (κ3) is 3.94. The standard InChI is InChI=1S/C15H17F2O2/c16-15(17,11-12-7-3-1-4-8-12)14(18)19-13-9-5-2-6-10-13/h1,3-4,7-8,11,13H,2,5-6,9-10H2/q+1. The number of carbonyl (C=O) groups excluding carboxylic acids is 1. The van der Waals surface area contributed by atoms with Crippen LogP contribution in [-0.4, -0.2) is 18.0 Å². The van der Waals surface area contributed by atoms with Gasteiger partial charge in [-0.15, -0.1) is 0 Å². The van der Waals surface area contributed by atoms with Gasteiger partial charge in [-0.05, 0) is 25.7 Å². The Morgan fingerprint density at radius 2 is 2.05 bits per heavy atom. The molecular formula is C15H17F2O2+. The summed E-state index contributed by atoms with van der Waals surface area (Å²) in [7, 11) is 0. The maximum Gasteiger partial charge on any atom is 0.394 e. The van der Waals surface area contributed by atoms with Gasteiger partial charge in [-0.25, -0.2) is 4.79 Å². The van der Waals surface area contributed by atoms with Crippen molar-refractivity contribution >= 4 is 5.97 Å². The largest absolute Gasteiger partial charge is 0.457 e. The second kappa shape index (κ2) is 6.04. The number of carbonyl (C=O) groups is 1. The summed E-state index contributed by atoms with van der Waals surface area (Å²) in [4.78, 5) is 11.5. The predicted molar refractivity (Wildman–Crippen MR) is 68.6 cm³/mol. The molecule has 0 N–H and O–H groups in total. The van der Waals surface area contributed by atoms with Crippen molar-refractivity contribution in [2.75, 3.05) is 0 Å². The molecule has 0 spiro atoms. The minimum Gasteiger partial charge on any atom is -0.457 e. The maximum atomic E-state index is 13.7. The summed E-state index contributed by atoms with van der Waals surface area (Å²) in [6, 6.07) is 0. The van der Waals surface area contributed by atoms with Gasteiger partial charge in [-0.1, -0.05) is 6.42 Å². The lowest BCUT2D eigenvalue weighted by atomic mass is 9.98. The third-order valence-electron chi connectivity index (χ3n) is 3.25. The second-order valence-corrected chi connectivity index (χ2v) is 4.84. The first kappa shape index (κ1) is 13.8. The van der Waals surface area contributed by atoms with Gasteiger partial charge in [0, 0.05) is 30.7 Å². The van der Waals surface area contributed by atoms with Crippen LogP contribution >= 0.6 is 0 Å². The minimum absolute atomic E-state index is 0.313. The zero-order chi connectivity index (χ0) is 13.7. The first-order chi connectivity index (χ1) is 9.08. The van der Waals surface area contributed by atoms with Crippen molar-refractivity contribution in [1.29, 1.82) is 0 Å². The van der Waals surface area contributed by atoms with Gasteiger partial charge in [0.15, 0.2) is 0 Å². The molecule has 2 aliphatic rings. The Balaban J connectivity index is 1.95. The normalized spacial score (nSPS) is 22.3. The van der Waals surface area contributed by atoms with Gasteiger partial charge in [-0.3, -0.25) is 0 Å². The maximum absolute atomic E-state index is 13.7. The van der Waals surface area contributed by atoms with Crippen molar-refractivity contribution in [3.63, 3.8) is 0 Å². The Hall–Kier alpha value is -1.58. The molecule has 0 aromatic heterocycles. The van der Waals surface area contributed by atoms with Gasteiger partial charge in [0.1, 0.15) is 6.10 Å². The molecule has 0 radical (unpaired) electrons. The summed E-state index contributed by atoms with van der Waals surface area (Å²) in [6.07, 6.45) is 12.7. The van der Waals surface area contributed by atoms with Crippen molar-refractivity contribution in [3.8, 4) is 0 Å². The molecule has 0 unspecified atom stereocenters. The Kier molecular flexibility index (Phi) is 4.40. The van der Waals surface area contributed by atoms with Crippen LogP contribution in [0.3, 0.4) is 0 Å². The van der Waals surface area contributed by atoms with Crippen LogP contribution in [0.15, 0.2) is 36.0 Å². The molecule has 2 rings (SSSR count). The highest BCUT2D eigenvalue weighted by atomic mass is 19.3. The van der Waals surface area contributed by atoms with Crippen LogP contribution in [0.4, 0.5) is 8.78 Å². The van der Waals surface area contributed by atoms with E-state index in [1.54, 1.807) is 18.2 Å². The van der Waals surface area contributed by atoms with E-state index < -0.39 is 11.9 Å². The van der Waals surface area contributed by atoms with Crippen molar-refractivity contribution in [3.05, 3.63) is 42.4 Å². The molecule has 0 amide bonds. The van der Waals surface area contributed by atoms with Crippen LogP contribution in [-0.2, 0) is 9.53 Å². The van der Waals surface area contributed by atoms with E-state index in [9.17, 15) is 13.6 Å². The first-order valence-corrected chi connectivity index (χ1v) is 6.58. The summed E-state index contributed by atoms with van der Waals surface area (Å²) in [5.74, 6) is -5.01. The Labute approximate surface area is 111 Å². The summed E-state index contributed by atoms with van der Waals surface area (Å²) in [6.45, 7) is 0. The average Bonchev–Trinajstić information content (AvgIpc) is 2.40. The molecule has 0 heterocycles. The van der Waals surface area contributed by atoms with Crippen molar-refractivity contribution in [2.24, 2.45) is 0 Å². The summed E-state index contributed by atoms with van der Waals surface area (Å²) >= 11 is 0. The molecular weight excluding hydrogens is 250 g/mol.